The molecule has 0 spiro atoms. The number of carbonyl (C=O) groups is 1. The van der Waals surface area contributed by atoms with Gasteiger partial charge in [0.25, 0.3) is 5.91 Å². The van der Waals surface area contributed by atoms with Gasteiger partial charge in [-0.05, 0) is 25.5 Å². The Labute approximate surface area is 188 Å². The smallest absolute Gasteiger partial charge is 0.251 e. The summed E-state index contributed by atoms with van der Waals surface area (Å²) < 4.78 is 0. The largest absolute Gasteiger partial charge is 0.361 e. The van der Waals surface area contributed by atoms with Gasteiger partial charge in [0.2, 0.25) is 0 Å². The first-order valence-electron chi connectivity index (χ1n) is 9.77. The highest BCUT2D eigenvalue weighted by atomic mass is 32.2. The maximum atomic E-state index is 12.2. The van der Waals surface area contributed by atoms with E-state index in [0.717, 1.165) is 37.9 Å². The summed E-state index contributed by atoms with van der Waals surface area (Å²) >= 11 is 3.35. The van der Waals surface area contributed by atoms with Gasteiger partial charge in [0, 0.05) is 36.1 Å². The van der Waals surface area contributed by atoms with E-state index in [1.54, 1.807) is 48.7 Å². The molecule has 0 unspecified atom stereocenters. The van der Waals surface area contributed by atoms with Crippen molar-refractivity contribution < 1.29 is 4.79 Å². The second-order valence-corrected chi connectivity index (χ2v) is 9.41. The number of thioether (sulfide) groups is 1. The van der Waals surface area contributed by atoms with E-state index in [-0.39, 0.29) is 11.2 Å². The van der Waals surface area contributed by atoms with Crippen LogP contribution in [0, 0.1) is 6.92 Å². The number of amides is 1. The van der Waals surface area contributed by atoms with Gasteiger partial charge in [-0.1, -0.05) is 18.2 Å². The molecule has 1 amide bonds. The number of para-hydroxylation sites is 1. The van der Waals surface area contributed by atoms with Crippen molar-refractivity contribution in [3.63, 3.8) is 0 Å². The number of pyridine rings is 1. The first kappa shape index (κ1) is 21.2. The number of fused-ring (bicyclic) bond motifs is 1. The van der Waals surface area contributed by atoms with Gasteiger partial charge < -0.3 is 10.6 Å². The maximum absolute atomic E-state index is 12.2. The molecule has 7 nitrogen and oxygen atoms in total. The number of hydrogen-bond donors (Lipinski definition) is 2. The summed E-state index contributed by atoms with van der Waals surface area (Å²) in [4.78, 5) is 30.7. The molecule has 31 heavy (non-hydrogen) atoms. The third kappa shape index (κ3) is 4.67. The second-order valence-electron chi connectivity index (χ2n) is 6.84. The van der Waals surface area contributed by atoms with E-state index in [0.29, 0.717) is 11.4 Å². The number of carbonyl (C=O) groups excluding carboxylic acids is 1. The summed E-state index contributed by atoms with van der Waals surface area (Å²) in [7, 11) is 1.64. The molecular weight excluding hydrogens is 428 g/mol. The van der Waals surface area contributed by atoms with Gasteiger partial charge in [-0.2, -0.15) is 0 Å². The minimum atomic E-state index is -0.109. The van der Waals surface area contributed by atoms with Crippen molar-refractivity contribution >= 4 is 45.7 Å². The van der Waals surface area contributed by atoms with Crippen LogP contribution in [0.2, 0.25) is 0 Å². The monoisotopic (exact) mass is 450 g/mol. The average molecular weight is 451 g/mol. The molecule has 0 aliphatic heterocycles. The molecule has 3 heterocycles. The van der Waals surface area contributed by atoms with Crippen molar-refractivity contribution in [1.29, 1.82) is 0 Å². The first-order valence-corrected chi connectivity index (χ1v) is 11.6. The van der Waals surface area contributed by atoms with Gasteiger partial charge in [-0.15, -0.1) is 23.1 Å². The van der Waals surface area contributed by atoms with Crippen molar-refractivity contribution in [2.45, 2.75) is 19.1 Å². The Morgan fingerprint density at radius 3 is 2.84 bits per heavy atom. The van der Waals surface area contributed by atoms with Crippen LogP contribution in [-0.4, -0.2) is 38.8 Å². The molecule has 0 saturated heterocycles. The van der Waals surface area contributed by atoms with Crippen LogP contribution in [0.5, 0.6) is 0 Å². The number of aromatic nitrogens is 4. The van der Waals surface area contributed by atoms with Gasteiger partial charge in [0.1, 0.15) is 12.1 Å². The molecule has 0 radical (unpaired) electrons. The molecule has 9 heteroatoms. The molecule has 0 fully saturated rings. The molecule has 0 aliphatic rings. The Kier molecular flexibility index (Phi) is 6.43. The van der Waals surface area contributed by atoms with Gasteiger partial charge in [-0.25, -0.2) is 15.0 Å². The van der Waals surface area contributed by atoms with Crippen molar-refractivity contribution in [1.82, 2.24) is 25.3 Å². The van der Waals surface area contributed by atoms with Crippen molar-refractivity contribution in [2.24, 2.45) is 0 Å². The molecule has 1 atom stereocenters. The highest BCUT2D eigenvalue weighted by Gasteiger charge is 2.15. The number of nitrogens with zero attached hydrogens (tertiary/aromatic N) is 4. The van der Waals surface area contributed by atoms with Crippen molar-refractivity contribution in [2.75, 3.05) is 18.2 Å². The molecule has 4 aromatic rings. The minimum Gasteiger partial charge on any atom is -0.361 e. The number of nitrogens with one attached hydrogen (secondary N) is 2. The van der Waals surface area contributed by atoms with Gasteiger partial charge in [-0.3, -0.25) is 9.78 Å². The van der Waals surface area contributed by atoms with Crippen LogP contribution in [0.3, 0.4) is 0 Å². The molecule has 0 saturated carbocycles. The lowest BCUT2D eigenvalue weighted by molar-refractivity contribution is 0.0964. The lowest BCUT2D eigenvalue weighted by Crippen LogP contribution is -2.18. The van der Waals surface area contributed by atoms with Crippen LogP contribution in [0.1, 0.15) is 33.1 Å². The van der Waals surface area contributed by atoms with Gasteiger partial charge >= 0.3 is 0 Å². The van der Waals surface area contributed by atoms with E-state index in [1.165, 1.54) is 0 Å². The molecule has 3 aromatic heterocycles. The molecule has 1 aromatic carbocycles. The maximum Gasteiger partial charge on any atom is 0.251 e. The zero-order valence-corrected chi connectivity index (χ0v) is 19.0. The summed E-state index contributed by atoms with van der Waals surface area (Å²) in [5.41, 5.74) is 3.45. The highest BCUT2D eigenvalue weighted by Crippen LogP contribution is 2.33. The molecule has 0 aliphatic carbocycles. The highest BCUT2D eigenvalue weighted by molar-refractivity contribution is 7.99. The average Bonchev–Trinajstić information content (AvgIpc) is 3.24. The fourth-order valence-electron chi connectivity index (χ4n) is 3.26. The Bertz CT molecular complexity index is 1230. The number of anilines is 1. The van der Waals surface area contributed by atoms with Crippen LogP contribution in [0.15, 0.2) is 49.1 Å². The second kappa shape index (κ2) is 9.40. The third-order valence-electron chi connectivity index (χ3n) is 4.84. The Balaban J connectivity index is 1.47. The van der Waals surface area contributed by atoms with E-state index < -0.39 is 0 Å². The fourth-order valence-corrected chi connectivity index (χ4v) is 4.85. The third-order valence-corrected chi connectivity index (χ3v) is 6.84. The quantitative estimate of drug-likeness (QED) is 0.395. The number of thiazole rings is 1. The number of rotatable bonds is 7. The minimum absolute atomic E-state index is 0.109. The number of hydrogen-bond acceptors (Lipinski definition) is 8. The van der Waals surface area contributed by atoms with Crippen LogP contribution in [0.25, 0.3) is 21.5 Å². The SMILES string of the molecule is CNC(=O)c1ccnc2c([C@H](C)SCNc3cc(-c4cnc(C)s4)ncn3)cccc12. The summed E-state index contributed by atoms with van der Waals surface area (Å²) in [6.07, 6.45) is 5.09. The van der Waals surface area contributed by atoms with Crippen LogP contribution in [0.4, 0.5) is 5.82 Å². The van der Waals surface area contributed by atoms with Crippen LogP contribution >= 0.6 is 23.1 Å². The van der Waals surface area contributed by atoms with E-state index >= 15 is 0 Å². The predicted octanol–water partition coefficient (Wildman–Crippen LogP) is 4.68. The lowest BCUT2D eigenvalue weighted by atomic mass is 10.0. The topological polar surface area (TPSA) is 92.7 Å². The number of aryl methyl sites for hydroxylation is 1. The molecule has 158 valence electrons. The Morgan fingerprint density at radius 1 is 1.19 bits per heavy atom. The number of benzene rings is 1. The Hall–Kier alpha value is -3.04. The molecule has 0 bridgehead atoms. The fraction of sp³-hybridized carbons (Fsp3) is 0.227. The Morgan fingerprint density at radius 2 is 2.06 bits per heavy atom. The van der Waals surface area contributed by atoms with Crippen molar-refractivity contribution in [3.05, 3.63) is 65.2 Å². The summed E-state index contributed by atoms with van der Waals surface area (Å²) in [5, 5.41) is 8.10. The predicted molar refractivity (Wildman–Crippen MR) is 128 cm³/mol. The first-order chi connectivity index (χ1) is 15.1. The zero-order chi connectivity index (χ0) is 21.8. The van der Waals surface area contributed by atoms with E-state index in [9.17, 15) is 4.79 Å². The molecular formula is C22H22N6OS2. The van der Waals surface area contributed by atoms with E-state index in [2.05, 4.69) is 43.6 Å². The summed E-state index contributed by atoms with van der Waals surface area (Å²) in [6.45, 7) is 4.12. The molecule has 4 rings (SSSR count). The van der Waals surface area contributed by atoms with E-state index in [1.807, 2.05) is 31.3 Å². The van der Waals surface area contributed by atoms with Crippen LogP contribution in [-0.2, 0) is 0 Å². The normalized spacial score (nSPS) is 12.0. The van der Waals surface area contributed by atoms with Gasteiger partial charge in [0.05, 0.1) is 32.5 Å². The molecule has 2 N–H and O–H groups in total. The lowest BCUT2D eigenvalue weighted by Gasteiger charge is -2.15. The van der Waals surface area contributed by atoms with Gasteiger partial charge in [0.15, 0.2) is 0 Å². The van der Waals surface area contributed by atoms with Crippen molar-refractivity contribution in [3.8, 4) is 10.6 Å². The standard InChI is InChI=1S/C22H22N6OS2/c1-13(15-5-4-6-16-17(22(29)23-3)7-8-24-21(15)16)30-12-28-20-9-18(26-11-27-20)19-10-25-14(2)31-19/h4-11,13H,12H2,1-3H3,(H,23,29)(H,26,27,28)/t13-/m0/s1. The van der Waals surface area contributed by atoms with E-state index in [4.69, 9.17) is 0 Å². The summed E-state index contributed by atoms with van der Waals surface area (Å²) in [6, 6.07) is 9.67. The zero-order valence-electron chi connectivity index (χ0n) is 17.4. The summed E-state index contributed by atoms with van der Waals surface area (Å²) in [5.74, 6) is 1.33. The van der Waals surface area contributed by atoms with Crippen LogP contribution < -0.4 is 10.6 Å².